The second kappa shape index (κ2) is 4.75. The van der Waals surface area contributed by atoms with Gasteiger partial charge >= 0.3 is 0 Å². The Morgan fingerprint density at radius 3 is 2.71 bits per heavy atom. The van der Waals surface area contributed by atoms with Crippen molar-refractivity contribution in [2.24, 2.45) is 0 Å². The smallest absolute Gasteiger partial charge is 0.0543 e. The van der Waals surface area contributed by atoms with Crippen LogP contribution >= 0.6 is 0 Å². The molecular formula is C14H21N3. The second-order valence-corrected chi connectivity index (χ2v) is 5.50. The zero-order chi connectivity index (χ0) is 11.7. The fourth-order valence-electron chi connectivity index (χ4n) is 3.26. The van der Waals surface area contributed by atoms with Crippen molar-refractivity contribution in [3.05, 3.63) is 30.1 Å². The van der Waals surface area contributed by atoms with E-state index in [2.05, 4.69) is 34.4 Å². The van der Waals surface area contributed by atoms with Crippen molar-refractivity contribution in [1.29, 1.82) is 0 Å². The Kier molecular flexibility index (Phi) is 3.12. The first kappa shape index (κ1) is 11.2. The van der Waals surface area contributed by atoms with Gasteiger partial charge in [-0.3, -0.25) is 9.88 Å². The number of nitrogens with zero attached hydrogens (tertiary/aromatic N) is 2. The molecule has 3 rings (SSSR count). The van der Waals surface area contributed by atoms with E-state index in [0.717, 1.165) is 24.7 Å². The summed E-state index contributed by atoms with van der Waals surface area (Å²) in [5.74, 6) is 0. The third-order valence-corrected chi connectivity index (χ3v) is 4.21. The predicted octanol–water partition coefficient (Wildman–Crippen LogP) is 1.80. The van der Waals surface area contributed by atoms with Crippen LogP contribution in [0.25, 0.3) is 0 Å². The minimum absolute atomic E-state index is 0.732. The minimum Gasteiger partial charge on any atom is -0.311 e. The highest BCUT2D eigenvalue weighted by atomic mass is 15.2. The molecule has 2 atom stereocenters. The van der Waals surface area contributed by atoms with Gasteiger partial charge in [0.15, 0.2) is 0 Å². The molecule has 3 heteroatoms. The van der Waals surface area contributed by atoms with E-state index in [9.17, 15) is 0 Å². The number of rotatable bonds is 3. The number of aromatic nitrogens is 1. The third kappa shape index (κ3) is 2.50. The quantitative estimate of drug-likeness (QED) is 0.859. The van der Waals surface area contributed by atoms with E-state index in [1.54, 1.807) is 0 Å². The maximum Gasteiger partial charge on any atom is 0.0543 e. The van der Waals surface area contributed by atoms with Crippen molar-refractivity contribution in [2.75, 3.05) is 7.05 Å². The molecule has 2 saturated heterocycles. The third-order valence-electron chi connectivity index (χ3n) is 4.21. The van der Waals surface area contributed by atoms with Crippen LogP contribution in [0.1, 0.15) is 31.4 Å². The Morgan fingerprint density at radius 2 is 2.06 bits per heavy atom. The summed E-state index contributed by atoms with van der Waals surface area (Å²) in [6.07, 6.45) is 7.24. The van der Waals surface area contributed by atoms with Gasteiger partial charge in [-0.2, -0.15) is 0 Å². The Labute approximate surface area is 103 Å². The topological polar surface area (TPSA) is 28.2 Å². The lowest BCUT2D eigenvalue weighted by Gasteiger charge is -2.35. The van der Waals surface area contributed by atoms with Gasteiger partial charge in [0.25, 0.3) is 0 Å². The van der Waals surface area contributed by atoms with Crippen LogP contribution in [0.2, 0.25) is 0 Å². The first-order chi connectivity index (χ1) is 8.31. The Balaban J connectivity index is 1.61. The van der Waals surface area contributed by atoms with Crippen molar-refractivity contribution in [3.63, 3.8) is 0 Å². The lowest BCUT2D eigenvalue weighted by molar-refractivity contribution is 0.164. The summed E-state index contributed by atoms with van der Waals surface area (Å²) >= 11 is 0. The predicted molar refractivity (Wildman–Crippen MR) is 68.7 cm³/mol. The van der Waals surface area contributed by atoms with Crippen LogP contribution in [-0.2, 0) is 6.54 Å². The summed E-state index contributed by atoms with van der Waals surface area (Å²) in [6, 6.07) is 8.44. The van der Waals surface area contributed by atoms with Crippen LogP contribution in [0, 0.1) is 0 Å². The molecular weight excluding hydrogens is 210 g/mol. The van der Waals surface area contributed by atoms with Crippen molar-refractivity contribution >= 4 is 0 Å². The summed E-state index contributed by atoms with van der Waals surface area (Å²) in [6.45, 7) is 0.977. The lowest BCUT2D eigenvalue weighted by atomic mass is 9.98. The van der Waals surface area contributed by atoms with Crippen LogP contribution in [-0.4, -0.2) is 35.1 Å². The average Bonchev–Trinajstić information content (AvgIpc) is 2.69. The molecule has 1 N–H and O–H groups in total. The molecule has 0 amide bonds. The van der Waals surface area contributed by atoms with Crippen LogP contribution in [0.5, 0.6) is 0 Å². The van der Waals surface area contributed by atoms with Crippen molar-refractivity contribution in [1.82, 2.24) is 15.2 Å². The molecule has 2 aliphatic heterocycles. The van der Waals surface area contributed by atoms with Gasteiger partial charge in [-0.05, 0) is 44.9 Å². The standard InChI is InChI=1S/C14H21N3/c1-17(10-13-4-2-3-7-15-13)14-8-11-5-6-12(9-14)16-11/h2-4,7,11-12,14,16H,5-6,8-10H2,1H3. The van der Waals surface area contributed by atoms with Crippen LogP contribution in [0.4, 0.5) is 0 Å². The number of piperidine rings is 1. The Hall–Kier alpha value is -0.930. The first-order valence-corrected chi connectivity index (χ1v) is 6.67. The molecule has 0 aromatic carbocycles. The van der Waals surface area contributed by atoms with Gasteiger partial charge in [-0.1, -0.05) is 6.07 Å². The molecule has 0 spiro atoms. The number of hydrogen-bond acceptors (Lipinski definition) is 3. The van der Waals surface area contributed by atoms with E-state index in [4.69, 9.17) is 0 Å². The molecule has 2 bridgehead atoms. The Bertz CT molecular complexity index is 353. The molecule has 3 nitrogen and oxygen atoms in total. The molecule has 2 aliphatic rings. The van der Waals surface area contributed by atoms with E-state index in [-0.39, 0.29) is 0 Å². The van der Waals surface area contributed by atoms with Crippen molar-refractivity contribution < 1.29 is 0 Å². The number of hydrogen-bond donors (Lipinski definition) is 1. The largest absolute Gasteiger partial charge is 0.311 e. The summed E-state index contributed by atoms with van der Waals surface area (Å²) in [7, 11) is 2.24. The van der Waals surface area contributed by atoms with E-state index < -0.39 is 0 Å². The molecule has 1 aromatic rings. The van der Waals surface area contributed by atoms with Crippen LogP contribution in [0.15, 0.2) is 24.4 Å². The normalized spacial score (nSPS) is 32.0. The first-order valence-electron chi connectivity index (χ1n) is 6.67. The van der Waals surface area contributed by atoms with Crippen molar-refractivity contribution in [3.8, 4) is 0 Å². The zero-order valence-electron chi connectivity index (χ0n) is 10.5. The molecule has 2 fully saturated rings. The highest BCUT2D eigenvalue weighted by Gasteiger charge is 2.34. The number of pyridine rings is 1. The fraction of sp³-hybridized carbons (Fsp3) is 0.643. The van der Waals surface area contributed by atoms with Crippen molar-refractivity contribution in [2.45, 2.75) is 50.4 Å². The van der Waals surface area contributed by atoms with E-state index >= 15 is 0 Å². The molecule has 17 heavy (non-hydrogen) atoms. The van der Waals surface area contributed by atoms with Gasteiger partial charge in [0, 0.05) is 30.9 Å². The summed E-state index contributed by atoms with van der Waals surface area (Å²) < 4.78 is 0. The average molecular weight is 231 g/mol. The summed E-state index contributed by atoms with van der Waals surface area (Å²) in [5, 5.41) is 3.70. The molecule has 0 saturated carbocycles. The number of nitrogens with one attached hydrogen (secondary N) is 1. The van der Waals surface area contributed by atoms with Crippen LogP contribution in [0.3, 0.4) is 0 Å². The molecule has 92 valence electrons. The summed E-state index contributed by atoms with van der Waals surface area (Å²) in [4.78, 5) is 6.89. The van der Waals surface area contributed by atoms with Gasteiger partial charge in [-0.25, -0.2) is 0 Å². The molecule has 3 heterocycles. The highest BCUT2D eigenvalue weighted by molar-refractivity contribution is 5.04. The summed E-state index contributed by atoms with van der Waals surface area (Å²) in [5.41, 5.74) is 1.18. The molecule has 0 aliphatic carbocycles. The van der Waals surface area contributed by atoms with Gasteiger partial charge < -0.3 is 5.32 Å². The SMILES string of the molecule is CN(Cc1ccccn1)C1CC2CCC(C1)N2. The Morgan fingerprint density at radius 1 is 1.29 bits per heavy atom. The lowest BCUT2D eigenvalue weighted by Crippen LogP contribution is -2.46. The van der Waals surface area contributed by atoms with Crippen LogP contribution < -0.4 is 5.32 Å². The molecule has 2 unspecified atom stereocenters. The maximum absolute atomic E-state index is 4.41. The minimum atomic E-state index is 0.732. The monoisotopic (exact) mass is 231 g/mol. The van der Waals surface area contributed by atoms with Gasteiger partial charge in [-0.15, -0.1) is 0 Å². The maximum atomic E-state index is 4.41. The zero-order valence-corrected chi connectivity index (χ0v) is 10.5. The number of fused-ring (bicyclic) bond motifs is 2. The molecule has 1 aromatic heterocycles. The fourth-order valence-corrected chi connectivity index (χ4v) is 3.26. The highest BCUT2D eigenvalue weighted by Crippen LogP contribution is 2.29. The second-order valence-electron chi connectivity index (χ2n) is 5.50. The van der Waals surface area contributed by atoms with E-state index in [1.807, 2.05) is 12.3 Å². The van der Waals surface area contributed by atoms with Gasteiger partial charge in [0.05, 0.1) is 5.69 Å². The van der Waals surface area contributed by atoms with Gasteiger partial charge in [0.2, 0.25) is 0 Å². The van der Waals surface area contributed by atoms with E-state index in [1.165, 1.54) is 31.4 Å². The van der Waals surface area contributed by atoms with Gasteiger partial charge in [0.1, 0.15) is 0 Å². The van der Waals surface area contributed by atoms with E-state index in [0.29, 0.717) is 0 Å². The molecule has 0 radical (unpaired) electrons.